The van der Waals surface area contributed by atoms with Gasteiger partial charge in [-0.1, -0.05) is 62.3 Å². The number of hydrogen-bond donors (Lipinski definition) is 0. The van der Waals surface area contributed by atoms with Crippen LogP contribution in [0.4, 0.5) is 0 Å². The quantitative estimate of drug-likeness (QED) is 0.432. The maximum absolute atomic E-state index is 4.00. The van der Waals surface area contributed by atoms with Crippen LogP contribution in [0.1, 0.15) is 48.0 Å². The van der Waals surface area contributed by atoms with Gasteiger partial charge in [-0.25, -0.2) is 0 Å². The van der Waals surface area contributed by atoms with Gasteiger partial charge in [0, 0.05) is 0 Å². The SMILES string of the molecule is C#C.CC.CC(C)=C/C=C/C1=CCC(C)C(C)=C1. The van der Waals surface area contributed by atoms with E-state index in [2.05, 4.69) is 70.9 Å². The van der Waals surface area contributed by atoms with Gasteiger partial charge in [-0.15, -0.1) is 12.8 Å². The van der Waals surface area contributed by atoms with Crippen LogP contribution >= 0.6 is 0 Å². The topological polar surface area (TPSA) is 0 Å². The van der Waals surface area contributed by atoms with Crippen molar-refractivity contribution < 1.29 is 0 Å². The highest BCUT2D eigenvalue weighted by Crippen LogP contribution is 2.23. The number of terminal acetylenes is 1. The monoisotopic (exact) mass is 244 g/mol. The van der Waals surface area contributed by atoms with Crippen LogP contribution in [0, 0.1) is 18.8 Å². The van der Waals surface area contributed by atoms with Crippen molar-refractivity contribution in [3.63, 3.8) is 0 Å². The molecule has 0 amide bonds. The number of rotatable bonds is 2. The summed E-state index contributed by atoms with van der Waals surface area (Å²) < 4.78 is 0. The summed E-state index contributed by atoms with van der Waals surface area (Å²) in [6.45, 7) is 12.7. The first-order chi connectivity index (χ1) is 8.59. The Labute approximate surface area is 114 Å². The van der Waals surface area contributed by atoms with Gasteiger partial charge in [0.2, 0.25) is 0 Å². The summed E-state index contributed by atoms with van der Waals surface area (Å²) in [6, 6.07) is 0. The molecule has 0 bridgehead atoms. The van der Waals surface area contributed by atoms with Gasteiger partial charge in [-0.2, -0.15) is 0 Å². The number of hydrogen-bond acceptors (Lipinski definition) is 0. The Bertz CT molecular complexity index is 341. The van der Waals surface area contributed by atoms with Crippen LogP contribution < -0.4 is 0 Å². The van der Waals surface area contributed by atoms with Crippen molar-refractivity contribution in [1.29, 1.82) is 0 Å². The average Bonchev–Trinajstić information content (AvgIpc) is 2.38. The summed E-state index contributed by atoms with van der Waals surface area (Å²) in [6.07, 6.45) is 20.2. The Balaban J connectivity index is 0. The molecule has 1 aliphatic rings. The van der Waals surface area contributed by atoms with Gasteiger partial charge in [-0.3, -0.25) is 0 Å². The van der Waals surface area contributed by atoms with E-state index < -0.39 is 0 Å². The van der Waals surface area contributed by atoms with E-state index in [0.717, 1.165) is 5.92 Å². The van der Waals surface area contributed by atoms with Gasteiger partial charge in [0.15, 0.2) is 0 Å². The second-order valence-electron chi connectivity index (χ2n) is 4.33. The first-order valence-corrected chi connectivity index (χ1v) is 6.63. The first kappa shape index (κ1) is 18.9. The third-order valence-electron chi connectivity index (χ3n) is 2.60. The summed E-state index contributed by atoms with van der Waals surface area (Å²) in [5.41, 5.74) is 4.18. The smallest absolute Gasteiger partial charge is 0.0196 e. The van der Waals surface area contributed by atoms with E-state index in [-0.39, 0.29) is 0 Å². The zero-order valence-corrected chi connectivity index (χ0v) is 12.8. The Kier molecular flexibility index (Phi) is 12.6. The molecule has 0 radical (unpaired) electrons. The Hall–Kier alpha value is -1.48. The summed E-state index contributed by atoms with van der Waals surface area (Å²) in [5, 5.41) is 0. The molecule has 0 aromatic heterocycles. The van der Waals surface area contributed by atoms with Crippen molar-refractivity contribution in [2.75, 3.05) is 0 Å². The van der Waals surface area contributed by atoms with Gasteiger partial charge >= 0.3 is 0 Å². The Morgan fingerprint density at radius 3 is 2.28 bits per heavy atom. The van der Waals surface area contributed by atoms with Crippen molar-refractivity contribution >= 4 is 0 Å². The van der Waals surface area contributed by atoms with Crippen molar-refractivity contribution in [3.05, 3.63) is 47.1 Å². The highest BCUT2D eigenvalue weighted by atomic mass is 14.1. The van der Waals surface area contributed by atoms with E-state index in [9.17, 15) is 0 Å². The van der Waals surface area contributed by atoms with Gasteiger partial charge < -0.3 is 0 Å². The van der Waals surface area contributed by atoms with Crippen LogP contribution in [-0.2, 0) is 0 Å². The van der Waals surface area contributed by atoms with Crippen LogP contribution in [0.5, 0.6) is 0 Å². The standard InChI is InChI=1S/C14H20.C2H6.C2H2/c1-11(2)6-5-7-14-9-8-12(3)13(4)10-14;2*1-2/h5-7,9-10,12H,8H2,1-4H3;1-2H3;1-2H/b7-5+;;. The van der Waals surface area contributed by atoms with Gasteiger partial charge in [0.1, 0.15) is 0 Å². The molecular formula is C18H28. The third kappa shape index (κ3) is 8.65. The molecule has 1 atom stereocenters. The normalized spacial score (nSPS) is 17.4. The molecule has 1 aliphatic carbocycles. The summed E-state index contributed by atoms with van der Waals surface area (Å²) in [7, 11) is 0. The van der Waals surface area contributed by atoms with E-state index in [4.69, 9.17) is 0 Å². The molecule has 0 aromatic carbocycles. The summed E-state index contributed by atoms with van der Waals surface area (Å²) in [5.74, 6) is 0.718. The van der Waals surface area contributed by atoms with Crippen LogP contribution in [0.3, 0.4) is 0 Å². The molecule has 0 fully saturated rings. The lowest BCUT2D eigenvalue weighted by molar-refractivity contribution is 0.683. The third-order valence-corrected chi connectivity index (χ3v) is 2.60. The van der Waals surface area contributed by atoms with Crippen LogP contribution in [0.15, 0.2) is 47.1 Å². The van der Waals surface area contributed by atoms with Crippen molar-refractivity contribution in [2.24, 2.45) is 5.92 Å². The van der Waals surface area contributed by atoms with E-state index in [1.807, 2.05) is 13.8 Å². The zero-order valence-electron chi connectivity index (χ0n) is 12.8. The van der Waals surface area contributed by atoms with Crippen LogP contribution in [0.2, 0.25) is 0 Å². The number of allylic oxidation sites excluding steroid dienone is 8. The fourth-order valence-electron chi connectivity index (χ4n) is 1.43. The molecule has 0 saturated carbocycles. The van der Waals surface area contributed by atoms with E-state index in [1.165, 1.54) is 23.1 Å². The molecule has 0 heterocycles. The van der Waals surface area contributed by atoms with Crippen LogP contribution in [-0.4, -0.2) is 0 Å². The molecule has 18 heavy (non-hydrogen) atoms. The highest BCUT2D eigenvalue weighted by Gasteiger charge is 2.07. The maximum atomic E-state index is 4.00. The van der Waals surface area contributed by atoms with Crippen molar-refractivity contribution in [2.45, 2.75) is 48.0 Å². The molecule has 0 aromatic rings. The molecule has 1 rings (SSSR count). The second kappa shape index (κ2) is 12.0. The summed E-state index contributed by atoms with van der Waals surface area (Å²) >= 11 is 0. The molecular weight excluding hydrogens is 216 g/mol. The van der Waals surface area contributed by atoms with E-state index >= 15 is 0 Å². The zero-order chi connectivity index (χ0) is 14.6. The largest absolute Gasteiger partial charge is 0.124 e. The predicted molar refractivity (Wildman–Crippen MR) is 85.4 cm³/mol. The van der Waals surface area contributed by atoms with E-state index in [1.54, 1.807) is 0 Å². The fourth-order valence-corrected chi connectivity index (χ4v) is 1.43. The fraction of sp³-hybridized carbons (Fsp3) is 0.444. The summed E-state index contributed by atoms with van der Waals surface area (Å²) in [4.78, 5) is 0. The van der Waals surface area contributed by atoms with Crippen molar-refractivity contribution in [3.8, 4) is 12.8 Å². The van der Waals surface area contributed by atoms with E-state index in [0.29, 0.717) is 0 Å². The predicted octanol–water partition coefficient (Wildman–Crippen LogP) is 5.70. The minimum absolute atomic E-state index is 0.718. The van der Waals surface area contributed by atoms with Gasteiger partial charge in [0.25, 0.3) is 0 Å². The molecule has 0 heteroatoms. The Morgan fingerprint density at radius 2 is 1.83 bits per heavy atom. The molecule has 0 nitrogen and oxygen atoms in total. The lowest BCUT2D eigenvalue weighted by atomic mass is 9.91. The lowest BCUT2D eigenvalue weighted by Crippen LogP contribution is -1.99. The van der Waals surface area contributed by atoms with Crippen LogP contribution in [0.25, 0.3) is 0 Å². The van der Waals surface area contributed by atoms with Crippen molar-refractivity contribution in [1.82, 2.24) is 0 Å². The molecule has 0 N–H and O–H groups in total. The lowest BCUT2D eigenvalue weighted by Gasteiger charge is -2.15. The molecule has 0 aliphatic heterocycles. The molecule has 1 unspecified atom stereocenters. The highest BCUT2D eigenvalue weighted by molar-refractivity contribution is 5.38. The van der Waals surface area contributed by atoms with Gasteiger partial charge in [0.05, 0.1) is 0 Å². The molecule has 0 spiro atoms. The molecule has 0 saturated heterocycles. The minimum atomic E-state index is 0.718. The second-order valence-corrected chi connectivity index (χ2v) is 4.33. The van der Waals surface area contributed by atoms with Gasteiger partial charge in [-0.05, 0) is 38.7 Å². The maximum Gasteiger partial charge on any atom is -0.0196 e. The Morgan fingerprint density at radius 1 is 1.28 bits per heavy atom. The first-order valence-electron chi connectivity index (χ1n) is 6.63. The minimum Gasteiger partial charge on any atom is -0.124 e. The average molecular weight is 244 g/mol. The molecule has 100 valence electrons.